The summed E-state index contributed by atoms with van der Waals surface area (Å²) in [6.45, 7) is 7.42. The summed E-state index contributed by atoms with van der Waals surface area (Å²) in [5.74, 6) is 1.50. The number of likely N-dealkylation sites (tertiary alicyclic amines) is 1. The Labute approximate surface area is 120 Å². The van der Waals surface area contributed by atoms with Gasteiger partial charge in [0.05, 0.1) is 0 Å². The molecule has 0 spiro atoms. The third kappa shape index (κ3) is 3.05. The topological polar surface area (TPSA) is 29.0 Å². The van der Waals surface area contributed by atoms with Crippen molar-refractivity contribution in [2.24, 2.45) is 0 Å². The lowest BCUT2D eigenvalue weighted by Crippen LogP contribution is -2.20. The average molecular weight is 267 g/mol. The van der Waals surface area contributed by atoms with Gasteiger partial charge in [0.15, 0.2) is 0 Å². The number of aromatic nitrogens is 2. The molecule has 0 saturated carbocycles. The molecule has 1 aliphatic heterocycles. The molecule has 1 aliphatic rings. The lowest BCUT2D eigenvalue weighted by atomic mass is 10.1. The normalized spacial score (nSPS) is 19.4. The van der Waals surface area contributed by atoms with Gasteiger partial charge in [0.1, 0.15) is 5.82 Å². The van der Waals surface area contributed by atoms with E-state index in [-0.39, 0.29) is 0 Å². The summed E-state index contributed by atoms with van der Waals surface area (Å²) in [6, 6.07) is 10.7. The molecule has 3 rings (SSSR count). The Morgan fingerprint density at radius 1 is 1.25 bits per heavy atom. The molecule has 1 atom stereocenters. The fraction of sp³-hybridized carbons (Fsp3) is 0.412. The first-order valence-electron chi connectivity index (χ1n) is 7.28. The van der Waals surface area contributed by atoms with Crippen molar-refractivity contribution in [2.75, 3.05) is 13.1 Å². The smallest absolute Gasteiger partial charge is 0.132 e. The zero-order valence-corrected chi connectivity index (χ0v) is 12.2. The van der Waals surface area contributed by atoms with Crippen LogP contribution < -0.4 is 0 Å². The highest BCUT2D eigenvalue weighted by Gasteiger charge is 2.25. The summed E-state index contributed by atoms with van der Waals surface area (Å²) < 4.78 is 0. The fourth-order valence-corrected chi connectivity index (χ4v) is 2.92. The molecule has 2 heterocycles. The predicted molar refractivity (Wildman–Crippen MR) is 80.6 cm³/mol. The maximum atomic E-state index is 4.57. The number of hydrogen-bond acceptors (Lipinski definition) is 3. The highest BCUT2D eigenvalue weighted by Crippen LogP contribution is 2.25. The molecule has 1 aromatic heterocycles. The quantitative estimate of drug-likeness (QED) is 0.855. The van der Waals surface area contributed by atoms with Crippen molar-refractivity contribution >= 4 is 0 Å². The van der Waals surface area contributed by atoms with Crippen LogP contribution in [-0.2, 0) is 6.54 Å². The van der Waals surface area contributed by atoms with E-state index < -0.39 is 0 Å². The zero-order chi connectivity index (χ0) is 13.9. The standard InChI is InChI=1S/C17H21N3/c1-13-4-3-5-15(10-13)11-20-9-7-16(12-20)17-18-8-6-14(2)19-17/h3-6,8,10,16H,7,9,11-12H2,1-2H3/t16-/m0/s1. The van der Waals surface area contributed by atoms with E-state index in [9.17, 15) is 0 Å². The number of benzene rings is 1. The van der Waals surface area contributed by atoms with Crippen LogP contribution in [0.15, 0.2) is 36.5 Å². The minimum Gasteiger partial charge on any atom is -0.298 e. The Kier molecular flexibility index (Phi) is 3.79. The van der Waals surface area contributed by atoms with Gasteiger partial charge in [-0.15, -0.1) is 0 Å². The first-order valence-corrected chi connectivity index (χ1v) is 7.28. The highest BCUT2D eigenvalue weighted by atomic mass is 15.1. The molecule has 1 aromatic carbocycles. The minimum absolute atomic E-state index is 0.486. The van der Waals surface area contributed by atoms with Crippen LogP contribution in [0.25, 0.3) is 0 Å². The lowest BCUT2D eigenvalue weighted by molar-refractivity contribution is 0.325. The Morgan fingerprint density at radius 3 is 2.95 bits per heavy atom. The van der Waals surface area contributed by atoms with Gasteiger partial charge < -0.3 is 0 Å². The first kappa shape index (κ1) is 13.3. The molecule has 0 unspecified atom stereocenters. The van der Waals surface area contributed by atoms with Crippen LogP contribution in [0.2, 0.25) is 0 Å². The number of nitrogens with zero attached hydrogens (tertiary/aromatic N) is 3. The molecule has 0 radical (unpaired) electrons. The molecule has 20 heavy (non-hydrogen) atoms. The van der Waals surface area contributed by atoms with Gasteiger partial charge in [-0.1, -0.05) is 29.8 Å². The van der Waals surface area contributed by atoms with Crippen molar-refractivity contribution in [2.45, 2.75) is 32.7 Å². The second-order valence-electron chi connectivity index (χ2n) is 5.77. The van der Waals surface area contributed by atoms with Crippen LogP contribution in [0.4, 0.5) is 0 Å². The van der Waals surface area contributed by atoms with Crippen LogP contribution in [0.5, 0.6) is 0 Å². The molecule has 3 heteroatoms. The molecule has 0 aliphatic carbocycles. The second kappa shape index (κ2) is 5.71. The predicted octanol–water partition coefficient (Wildman–Crippen LogP) is 3.08. The summed E-state index contributed by atoms with van der Waals surface area (Å²) in [7, 11) is 0. The van der Waals surface area contributed by atoms with Crippen LogP contribution in [0.3, 0.4) is 0 Å². The fourth-order valence-electron chi connectivity index (χ4n) is 2.92. The molecular weight excluding hydrogens is 246 g/mol. The molecule has 1 fully saturated rings. The van der Waals surface area contributed by atoms with E-state index in [1.807, 2.05) is 19.2 Å². The van der Waals surface area contributed by atoms with Crippen LogP contribution in [0.1, 0.15) is 35.0 Å². The molecule has 0 N–H and O–H groups in total. The van der Waals surface area contributed by atoms with Crippen molar-refractivity contribution in [1.29, 1.82) is 0 Å². The van der Waals surface area contributed by atoms with Gasteiger partial charge >= 0.3 is 0 Å². The van der Waals surface area contributed by atoms with Gasteiger partial charge in [0.25, 0.3) is 0 Å². The van der Waals surface area contributed by atoms with Crippen molar-refractivity contribution in [1.82, 2.24) is 14.9 Å². The third-order valence-corrected chi connectivity index (χ3v) is 3.94. The summed E-state index contributed by atoms with van der Waals surface area (Å²) in [5.41, 5.74) is 3.79. The highest BCUT2D eigenvalue weighted by molar-refractivity contribution is 5.22. The van der Waals surface area contributed by atoms with Crippen LogP contribution in [0, 0.1) is 13.8 Å². The first-order chi connectivity index (χ1) is 9.70. The van der Waals surface area contributed by atoms with E-state index in [0.29, 0.717) is 5.92 Å². The van der Waals surface area contributed by atoms with Gasteiger partial charge in [-0.2, -0.15) is 0 Å². The Hall–Kier alpha value is -1.74. The molecule has 104 valence electrons. The molecule has 0 amide bonds. The Morgan fingerprint density at radius 2 is 2.15 bits per heavy atom. The van der Waals surface area contributed by atoms with Gasteiger partial charge in [0, 0.05) is 30.9 Å². The summed E-state index contributed by atoms with van der Waals surface area (Å²) in [6.07, 6.45) is 3.04. The van der Waals surface area contributed by atoms with Gasteiger partial charge in [-0.3, -0.25) is 4.90 Å². The van der Waals surface area contributed by atoms with E-state index in [2.05, 4.69) is 46.1 Å². The maximum absolute atomic E-state index is 4.57. The van der Waals surface area contributed by atoms with E-state index in [4.69, 9.17) is 0 Å². The molecule has 0 bridgehead atoms. The van der Waals surface area contributed by atoms with Gasteiger partial charge in [0.2, 0.25) is 0 Å². The minimum atomic E-state index is 0.486. The van der Waals surface area contributed by atoms with Crippen molar-refractivity contribution in [3.05, 3.63) is 59.2 Å². The maximum Gasteiger partial charge on any atom is 0.132 e. The van der Waals surface area contributed by atoms with E-state index in [1.54, 1.807) is 0 Å². The lowest BCUT2D eigenvalue weighted by Gasteiger charge is -2.16. The largest absolute Gasteiger partial charge is 0.298 e. The van der Waals surface area contributed by atoms with E-state index in [1.165, 1.54) is 11.1 Å². The summed E-state index contributed by atoms with van der Waals surface area (Å²) in [5, 5.41) is 0. The summed E-state index contributed by atoms with van der Waals surface area (Å²) >= 11 is 0. The third-order valence-electron chi connectivity index (χ3n) is 3.94. The molecule has 2 aromatic rings. The van der Waals surface area contributed by atoms with Gasteiger partial charge in [-0.25, -0.2) is 9.97 Å². The number of rotatable bonds is 3. The van der Waals surface area contributed by atoms with Crippen molar-refractivity contribution in [3.8, 4) is 0 Å². The average Bonchev–Trinajstić information content (AvgIpc) is 2.87. The molecule has 3 nitrogen and oxygen atoms in total. The van der Waals surface area contributed by atoms with Crippen molar-refractivity contribution in [3.63, 3.8) is 0 Å². The molecule has 1 saturated heterocycles. The monoisotopic (exact) mass is 267 g/mol. The van der Waals surface area contributed by atoms with Crippen LogP contribution >= 0.6 is 0 Å². The van der Waals surface area contributed by atoms with Gasteiger partial charge in [-0.05, 0) is 38.4 Å². The van der Waals surface area contributed by atoms with Crippen LogP contribution in [-0.4, -0.2) is 28.0 Å². The second-order valence-corrected chi connectivity index (χ2v) is 5.77. The zero-order valence-electron chi connectivity index (χ0n) is 12.2. The number of hydrogen-bond donors (Lipinski definition) is 0. The van der Waals surface area contributed by atoms with E-state index >= 15 is 0 Å². The SMILES string of the molecule is Cc1cccc(CN2CC[C@H](c3nccc(C)n3)C2)c1. The Bertz CT molecular complexity index is 594. The van der Waals surface area contributed by atoms with E-state index in [0.717, 1.165) is 37.6 Å². The molecular formula is C17H21N3. The number of aryl methyl sites for hydroxylation is 2. The Balaban J connectivity index is 1.65. The summed E-state index contributed by atoms with van der Waals surface area (Å²) in [4.78, 5) is 11.5. The van der Waals surface area contributed by atoms with Crippen molar-refractivity contribution < 1.29 is 0 Å².